The quantitative estimate of drug-likeness (QED) is 0.677. The summed E-state index contributed by atoms with van der Waals surface area (Å²) < 4.78 is 0. The standard InChI is InChI=1S/C21H33N3O3/c1-13(2)11-17(25)24-18(14(3)4)19(26)22-15-9-8-10-16(12-15)23-20(27)21(5,6)7/h8-10,12-14,18H,11H2,1-7H3,(H,22,26)(H,23,27)(H,24,25). The molecule has 150 valence electrons. The van der Waals surface area contributed by atoms with Crippen molar-refractivity contribution in [3.05, 3.63) is 24.3 Å². The topological polar surface area (TPSA) is 87.3 Å². The highest BCUT2D eigenvalue weighted by Gasteiger charge is 2.25. The molecule has 0 aliphatic heterocycles. The summed E-state index contributed by atoms with van der Waals surface area (Å²) in [6.07, 6.45) is 0.380. The third kappa shape index (κ3) is 7.81. The van der Waals surface area contributed by atoms with Crippen LogP contribution in [0.1, 0.15) is 54.9 Å². The van der Waals surface area contributed by atoms with Crippen molar-refractivity contribution in [2.45, 2.75) is 60.9 Å². The second kappa shape index (κ2) is 9.53. The average molecular weight is 376 g/mol. The van der Waals surface area contributed by atoms with Gasteiger partial charge in [0.2, 0.25) is 17.7 Å². The fourth-order valence-electron chi connectivity index (χ4n) is 2.35. The molecule has 0 aliphatic rings. The normalized spacial score (nSPS) is 12.6. The number of carbonyl (C=O) groups excluding carboxylic acids is 3. The van der Waals surface area contributed by atoms with Crippen LogP contribution in [0, 0.1) is 17.3 Å². The molecule has 0 radical (unpaired) electrons. The average Bonchev–Trinajstić information content (AvgIpc) is 2.50. The lowest BCUT2D eigenvalue weighted by molar-refractivity contribution is -0.127. The van der Waals surface area contributed by atoms with Crippen molar-refractivity contribution in [3.8, 4) is 0 Å². The number of amides is 3. The summed E-state index contributed by atoms with van der Waals surface area (Å²) in [5, 5.41) is 8.48. The Balaban J connectivity index is 2.83. The monoisotopic (exact) mass is 375 g/mol. The van der Waals surface area contributed by atoms with Crippen molar-refractivity contribution in [3.63, 3.8) is 0 Å². The molecule has 1 aromatic carbocycles. The molecule has 27 heavy (non-hydrogen) atoms. The number of benzene rings is 1. The van der Waals surface area contributed by atoms with Crippen LogP contribution in [0.15, 0.2) is 24.3 Å². The minimum Gasteiger partial charge on any atom is -0.344 e. The second-order valence-electron chi connectivity index (χ2n) is 8.66. The summed E-state index contributed by atoms with van der Waals surface area (Å²) in [5.41, 5.74) is 0.663. The van der Waals surface area contributed by atoms with Gasteiger partial charge in [-0.2, -0.15) is 0 Å². The molecule has 1 atom stereocenters. The van der Waals surface area contributed by atoms with Gasteiger partial charge in [-0.1, -0.05) is 54.5 Å². The molecule has 1 aromatic rings. The highest BCUT2D eigenvalue weighted by atomic mass is 16.2. The van der Waals surface area contributed by atoms with Gasteiger partial charge in [0.1, 0.15) is 6.04 Å². The Bertz CT molecular complexity index is 675. The Kier molecular flexibility index (Phi) is 8.00. The largest absolute Gasteiger partial charge is 0.344 e. The zero-order valence-corrected chi connectivity index (χ0v) is 17.5. The predicted octanol–water partition coefficient (Wildman–Crippen LogP) is 3.80. The van der Waals surface area contributed by atoms with E-state index in [0.29, 0.717) is 17.8 Å². The smallest absolute Gasteiger partial charge is 0.247 e. The first-order chi connectivity index (χ1) is 12.4. The Morgan fingerprint density at radius 1 is 0.963 bits per heavy atom. The number of hydrogen-bond donors (Lipinski definition) is 3. The molecule has 3 amide bonds. The molecule has 0 saturated carbocycles. The maximum absolute atomic E-state index is 12.7. The first-order valence-corrected chi connectivity index (χ1v) is 9.42. The Hall–Kier alpha value is -2.37. The molecule has 1 unspecified atom stereocenters. The van der Waals surface area contributed by atoms with Gasteiger partial charge in [-0.05, 0) is 30.0 Å². The third-order valence-corrected chi connectivity index (χ3v) is 3.93. The van der Waals surface area contributed by atoms with E-state index in [9.17, 15) is 14.4 Å². The van der Waals surface area contributed by atoms with Crippen LogP contribution in [0.3, 0.4) is 0 Å². The molecule has 0 fully saturated rings. The van der Waals surface area contributed by atoms with Crippen LogP contribution in [0.2, 0.25) is 0 Å². The molecule has 0 saturated heterocycles. The van der Waals surface area contributed by atoms with E-state index in [2.05, 4.69) is 16.0 Å². The van der Waals surface area contributed by atoms with Crippen molar-refractivity contribution in [2.75, 3.05) is 10.6 Å². The molecule has 6 heteroatoms. The Morgan fingerprint density at radius 2 is 1.52 bits per heavy atom. The summed E-state index contributed by atoms with van der Waals surface area (Å²) >= 11 is 0. The van der Waals surface area contributed by atoms with Crippen LogP contribution in [0.4, 0.5) is 11.4 Å². The zero-order chi connectivity index (χ0) is 20.8. The molecule has 1 rings (SSSR count). The van der Waals surface area contributed by atoms with E-state index in [1.165, 1.54) is 0 Å². The van der Waals surface area contributed by atoms with Crippen molar-refractivity contribution >= 4 is 29.1 Å². The van der Waals surface area contributed by atoms with Crippen LogP contribution in [0.25, 0.3) is 0 Å². The number of rotatable bonds is 7. The molecule has 0 bridgehead atoms. The molecule has 6 nitrogen and oxygen atoms in total. The van der Waals surface area contributed by atoms with Crippen LogP contribution in [-0.4, -0.2) is 23.8 Å². The lowest BCUT2D eigenvalue weighted by atomic mass is 9.95. The van der Waals surface area contributed by atoms with Gasteiger partial charge in [0.25, 0.3) is 0 Å². The van der Waals surface area contributed by atoms with Crippen LogP contribution < -0.4 is 16.0 Å². The van der Waals surface area contributed by atoms with Gasteiger partial charge in [-0.15, -0.1) is 0 Å². The lowest BCUT2D eigenvalue weighted by Gasteiger charge is -2.22. The maximum atomic E-state index is 12.7. The summed E-state index contributed by atoms with van der Waals surface area (Å²) in [5.74, 6) is -0.340. The van der Waals surface area contributed by atoms with Gasteiger partial charge in [-0.25, -0.2) is 0 Å². The predicted molar refractivity (Wildman–Crippen MR) is 109 cm³/mol. The van der Waals surface area contributed by atoms with E-state index in [4.69, 9.17) is 0 Å². The van der Waals surface area contributed by atoms with E-state index in [0.717, 1.165) is 0 Å². The molecular weight excluding hydrogens is 342 g/mol. The number of nitrogens with one attached hydrogen (secondary N) is 3. The first-order valence-electron chi connectivity index (χ1n) is 9.42. The van der Waals surface area contributed by atoms with Crippen LogP contribution in [-0.2, 0) is 14.4 Å². The van der Waals surface area contributed by atoms with Crippen molar-refractivity contribution in [1.82, 2.24) is 5.32 Å². The summed E-state index contributed by atoms with van der Waals surface area (Å²) in [6.45, 7) is 13.2. The summed E-state index contributed by atoms with van der Waals surface area (Å²) in [4.78, 5) is 36.8. The SMILES string of the molecule is CC(C)CC(=O)NC(C(=O)Nc1cccc(NC(=O)C(C)(C)C)c1)C(C)C. The van der Waals surface area contributed by atoms with Gasteiger partial charge in [0, 0.05) is 23.2 Å². The van der Waals surface area contributed by atoms with Gasteiger partial charge in [0.15, 0.2) is 0 Å². The van der Waals surface area contributed by atoms with Gasteiger partial charge >= 0.3 is 0 Å². The Morgan fingerprint density at radius 3 is 2.00 bits per heavy atom. The van der Waals surface area contributed by atoms with Gasteiger partial charge < -0.3 is 16.0 Å². The molecule has 0 spiro atoms. The summed E-state index contributed by atoms with van der Waals surface area (Å²) in [7, 11) is 0. The highest BCUT2D eigenvalue weighted by molar-refractivity contribution is 5.99. The molecule has 0 aliphatic carbocycles. The van der Waals surface area contributed by atoms with Gasteiger partial charge in [0.05, 0.1) is 0 Å². The molecule has 3 N–H and O–H groups in total. The fraction of sp³-hybridized carbons (Fsp3) is 0.571. The maximum Gasteiger partial charge on any atom is 0.247 e. The molecule has 0 aromatic heterocycles. The second-order valence-corrected chi connectivity index (χ2v) is 8.66. The van der Waals surface area contributed by atoms with Crippen molar-refractivity contribution in [1.29, 1.82) is 0 Å². The minimum absolute atomic E-state index is 0.0510. The summed E-state index contributed by atoms with van der Waals surface area (Å²) in [6, 6.07) is 6.36. The highest BCUT2D eigenvalue weighted by Crippen LogP contribution is 2.20. The van der Waals surface area contributed by atoms with E-state index >= 15 is 0 Å². The molecule has 0 heterocycles. The van der Waals surface area contributed by atoms with Gasteiger partial charge in [-0.3, -0.25) is 14.4 Å². The van der Waals surface area contributed by atoms with E-state index in [1.54, 1.807) is 24.3 Å². The van der Waals surface area contributed by atoms with Crippen molar-refractivity contribution < 1.29 is 14.4 Å². The van der Waals surface area contributed by atoms with E-state index in [1.807, 2.05) is 48.5 Å². The lowest BCUT2D eigenvalue weighted by Crippen LogP contribution is -2.47. The number of anilines is 2. The number of carbonyl (C=O) groups is 3. The van der Waals surface area contributed by atoms with E-state index < -0.39 is 11.5 Å². The Labute approximate surface area is 162 Å². The van der Waals surface area contributed by atoms with Crippen molar-refractivity contribution in [2.24, 2.45) is 17.3 Å². The van der Waals surface area contributed by atoms with Crippen LogP contribution >= 0.6 is 0 Å². The number of hydrogen-bond acceptors (Lipinski definition) is 3. The zero-order valence-electron chi connectivity index (χ0n) is 17.5. The first kappa shape index (κ1) is 22.7. The third-order valence-electron chi connectivity index (χ3n) is 3.93. The van der Waals surface area contributed by atoms with E-state index in [-0.39, 0.29) is 29.6 Å². The fourth-order valence-corrected chi connectivity index (χ4v) is 2.35. The minimum atomic E-state index is -0.621. The molecular formula is C21H33N3O3. The van der Waals surface area contributed by atoms with Crippen LogP contribution in [0.5, 0.6) is 0 Å².